The number of imidazole rings is 1. The molecule has 0 fully saturated rings. The van der Waals surface area contributed by atoms with Crippen LogP contribution in [0.3, 0.4) is 0 Å². The Labute approximate surface area is 180 Å². The van der Waals surface area contributed by atoms with Crippen LogP contribution in [0.5, 0.6) is 0 Å². The van der Waals surface area contributed by atoms with Gasteiger partial charge in [0, 0.05) is 23.0 Å². The van der Waals surface area contributed by atoms with Gasteiger partial charge in [-0.3, -0.25) is 0 Å². The SMILES string of the molecule is FC(F)(F)c1ccc(COC(CSc2ccc(Cl)c(Cl)c2)Cn2ccnc2)cc1. The van der Waals surface area contributed by atoms with E-state index in [1.54, 1.807) is 36.4 Å². The van der Waals surface area contributed by atoms with Crippen molar-refractivity contribution in [3.8, 4) is 0 Å². The molecule has 1 unspecified atom stereocenters. The first-order valence-electron chi connectivity index (χ1n) is 8.62. The predicted molar refractivity (Wildman–Crippen MR) is 109 cm³/mol. The second-order valence-electron chi connectivity index (χ2n) is 6.27. The van der Waals surface area contributed by atoms with Gasteiger partial charge in [0.25, 0.3) is 0 Å². The molecule has 1 atom stereocenters. The number of halogens is 5. The first-order valence-corrected chi connectivity index (χ1v) is 10.4. The van der Waals surface area contributed by atoms with Gasteiger partial charge in [-0.15, -0.1) is 11.8 Å². The van der Waals surface area contributed by atoms with Gasteiger partial charge in [0.15, 0.2) is 0 Å². The maximum absolute atomic E-state index is 12.7. The molecule has 0 amide bonds. The van der Waals surface area contributed by atoms with Crippen molar-refractivity contribution in [3.05, 3.63) is 82.4 Å². The molecule has 0 saturated carbocycles. The summed E-state index contributed by atoms with van der Waals surface area (Å²) in [5.74, 6) is 0.622. The second kappa shape index (κ2) is 9.89. The molecule has 0 bridgehead atoms. The van der Waals surface area contributed by atoms with E-state index in [4.69, 9.17) is 27.9 Å². The molecular weight excluding hydrogens is 444 g/mol. The van der Waals surface area contributed by atoms with Crippen LogP contribution in [0, 0.1) is 0 Å². The summed E-state index contributed by atoms with van der Waals surface area (Å²) in [5, 5.41) is 0.970. The summed E-state index contributed by atoms with van der Waals surface area (Å²) < 4.78 is 46.0. The third-order valence-corrected chi connectivity index (χ3v) is 5.93. The number of rotatable bonds is 8. The van der Waals surface area contributed by atoms with Crippen molar-refractivity contribution in [3.63, 3.8) is 0 Å². The molecule has 29 heavy (non-hydrogen) atoms. The standard InChI is InChI=1S/C20H17Cl2F3N2OS/c21-18-6-5-17(9-19(18)22)29-12-16(10-27-8-7-26-13-27)28-11-14-1-3-15(4-2-14)20(23,24)25/h1-9,13,16H,10-12H2. The minimum absolute atomic E-state index is 0.189. The number of thioether (sulfide) groups is 1. The van der Waals surface area contributed by atoms with E-state index in [0.717, 1.165) is 17.0 Å². The predicted octanol–water partition coefficient (Wildman–Crippen LogP) is 6.59. The Morgan fingerprint density at radius 3 is 2.45 bits per heavy atom. The fourth-order valence-corrected chi connectivity index (χ4v) is 3.85. The Kier molecular flexibility index (Phi) is 7.51. The normalized spacial score (nSPS) is 12.9. The van der Waals surface area contributed by atoms with E-state index >= 15 is 0 Å². The van der Waals surface area contributed by atoms with Crippen molar-refractivity contribution in [2.24, 2.45) is 0 Å². The summed E-state index contributed by atoms with van der Waals surface area (Å²) in [6.45, 7) is 0.772. The molecule has 2 aromatic carbocycles. The van der Waals surface area contributed by atoms with E-state index in [9.17, 15) is 13.2 Å². The summed E-state index contributed by atoms with van der Waals surface area (Å²) in [5.41, 5.74) is -0.000411. The third-order valence-electron chi connectivity index (χ3n) is 4.07. The molecule has 0 aliphatic heterocycles. The van der Waals surface area contributed by atoms with Gasteiger partial charge in [-0.2, -0.15) is 13.2 Å². The molecule has 3 aromatic rings. The lowest BCUT2D eigenvalue weighted by molar-refractivity contribution is -0.137. The molecule has 3 rings (SSSR count). The molecule has 9 heteroatoms. The number of hydrogen-bond donors (Lipinski definition) is 0. The van der Waals surface area contributed by atoms with Crippen LogP contribution < -0.4 is 0 Å². The first-order chi connectivity index (χ1) is 13.8. The van der Waals surface area contributed by atoms with Gasteiger partial charge in [-0.1, -0.05) is 35.3 Å². The number of alkyl halides is 3. The van der Waals surface area contributed by atoms with Crippen molar-refractivity contribution in [1.29, 1.82) is 0 Å². The second-order valence-corrected chi connectivity index (χ2v) is 8.18. The largest absolute Gasteiger partial charge is 0.416 e. The molecule has 0 aliphatic rings. The Morgan fingerprint density at radius 1 is 1.07 bits per heavy atom. The van der Waals surface area contributed by atoms with Crippen LogP contribution in [0.4, 0.5) is 13.2 Å². The molecule has 1 aromatic heterocycles. The van der Waals surface area contributed by atoms with E-state index in [0.29, 0.717) is 27.9 Å². The molecule has 0 saturated heterocycles. The summed E-state index contributed by atoms with van der Waals surface area (Å²) in [6, 6.07) is 10.4. The van der Waals surface area contributed by atoms with Crippen molar-refractivity contribution >= 4 is 35.0 Å². The van der Waals surface area contributed by atoms with Crippen LogP contribution in [0.25, 0.3) is 0 Å². The Morgan fingerprint density at radius 2 is 1.83 bits per heavy atom. The summed E-state index contributed by atoms with van der Waals surface area (Å²) >= 11 is 13.6. The van der Waals surface area contributed by atoms with Crippen LogP contribution in [-0.4, -0.2) is 21.4 Å². The minimum Gasteiger partial charge on any atom is -0.371 e. The van der Waals surface area contributed by atoms with E-state index < -0.39 is 11.7 Å². The van der Waals surface area contributed by atoms with Gasteiger partial charge >= 0.3 is 6.18 Å². The van der Waals surface area contributed by atoms with Crippen molar-refractivity contribution in [2.75, 3.05) is 5.75 Å². The highest BCUT2D eigenvalue weighted by Gasteiger charge is 2.29. The van der Waals surface area contributed by atoms with Crippen LogP contribution in [0.1, 0.15) is 11.1 Å². The van der Waals surface area contributed by atoms with Gasteiger partial charge in [0.1, 0.15) is 0 Å². The highest BCUT2D eigenvalue weighted by molar-refractivity contribution is 7.99. The molecular formula is C20H17Cl2F3N2OS. The van der Waals surface area contributed by atoms with E-state index in [1.165, 1.54) is 12.1 Å². The van der Waals surface area contributed by atoms with Crippen LogP contribution >= 0.6 is 35.0 Å². The Balaban J connectivity index is 1.62. The Bertz CT molecular complexity index is 918. The van der Waals surface area contributed by atoms with Crippen LogP contribution in [0.15, 0.2) is 66.1 Å². The average Bonchev–Trinajstić information content (AvgIpc) is 3.19. The minimum atomic E-state index is -4.35. The monoisotopic (exact) mass is 460 g/mol. The van der Waals surface area contributed by atoms with Crippen molar-refractivity contribution in [1.82, 2.24) is 9.55 Å². The molecule has 3 nitrogen and oxygen atoms in total. The quantitative estimate of drug-likeness (QED) is 0.355. The average molecular weight is 461 g/mol. The smallest absolute Gasteiger partial charge is 0.371 e. The van der Waals surface area contributed by atoms with E-state index in [-0.39, 0.29) is 12.7 Å². The Hall–Kier alpha value is -1.67. The highest BCUT2D eigenvalue weighted by atomic mass is 35.5. The zero-order valence-electron chi connectivity index (χ0n) is 15.1. The van der Waals surface area contributed by atoms with Gasteiger partial charge in [-0.05, 0) is 35.9 Å². The number of hydrogen-bond acceptors (Lipinski definition) is 3. The molecule has 0 N–H and O–H groups in total. The third kappa shape index (κ3) is 6.67. The van der Waals surface area contributed by atoms with E-state index in [2.05, 4.69) is 4.98 Å². The summed E-state index contributed by atoms with van der Waals surface area (Å²) in [7, 11) is 0. The lowest BCUT2D eigenvalue weighted by Gasteiger charge is -2.19. The summed E-state index contributed by atoms with van der Waals surface area (Å²) in [6.07, 6.45) is 0.668. The number of benzene rings is 2. The molecule has 0 spiro atoms. The maximum atomic E-state index is 12.7. The van der Waals surface area contributed by atoms with Crippen molar-refractivity contribution in [2.45, 2.75) is 30.3 Å². The fraction of sp³-hybridized carbons (Fsp3) is 0.250. The highest BCUT2D eigenvalue weighted by Crippen LogP contribution is 2.30. The first kappa shape index (κ1) is 22.0. The molecule has 1 heterocycles. The van der Waals surface area contributed by atoms with Gasteiger partial charge < -0.3 is 9.30 Å². The zero-order valence-corrected chi connectivity index (χ0v) is 17.4. The van der Waals surface area contributed by atoms with Crippen molar-refractivity contribution < 1.29 is 17.9 Å². The molecule has 0 aliphatic carbocycles. The zero-order chi connectivity index (χ0) is 20.9. The van der Waals surface area contributed by atoms with Gasteiger partial charge in [0.2, 0.25) is 0 Å². The van der Waals surface area contributed by atoms with Gasteiger partial charge in [-0.25, -0.2) is 4.98 Å². The maximum Gasteiger partial charge on any atom is 0.416 e. The lowest BCUT2D eigenvalue weighted by atomic mass is 10.1. The lowest BCUT2D eigenvalue weighted by Crippen LogP contribution is -2.22. The van der Waals surface area contributed by atoms with Gasteiger partial charge in [0.05, 0.1) is 41.2 Å². The molecule has 0 radical (unpaired) electrons. The number of ether oxygens (including phenoxy) is 1. The van der Waals surface area contributed by atoms with Crippen LogP contribution in [-0.2, 0) is 24.1 Å². The number of aromatic nitrogens is 2. The topological polar surface area (TPSA) is 27.1 Å². The molecule has 154 valence electrons. The van der Waals surface area contributed by atoms with E-state index in [1.807, 2.05) is 16.8 Å². The summed E-state index contributed by atoms with van der Waals surface area (Å²) in [4.78, 5) is 4.98. The van der Waals surface area contributed by atoms with Crippen LogP contribution in [0.2, 0.25) is 10.0 Å². The number of nitrogens with zero attached hydrogens (tertiary/aromatic N) is 2. The fourth-order valence-electron chi connectivity index (χ4n) is 2.54.